The topological polar surface area (TPSA) is 12.0 Å². The van der Waals surface area contributed by atoms with E-state index in [0.717, 1.165) is 11.6 Å². The molecule has 0 aliphatic heterocycles. The minimum atomic E-state index is 0.162. The summed E-state index contributed by atoms with van der Waals surface area (Å²) in [7, 11) is 0. The molecule has 0 saturated carbocycles. The van der Waals surface area contributed by atoms with Gasteiger partial charge in [0.15, 0.2) is 0 Å². The van der Waals surface area contributed by atoms with Crippen molar-refractivity contribution in [2.75, 3.05) is 6.54 Å². The van der Waals surface area contributed by atoms with Crippen molar-refractivity contribution in [3.05, 3.63) is 40.4 Å². The molecular formula is C14H20ClN. The molecule has 0 aliphatic rings. The maximum atomic E-state index is 5.84. The van der Waals surface area contributed by atoms with Gasteiger partial charge < -0.3 is 5.32 Å². The molecular weight excluding hydrogens is 218 g/mol. The van der Waals surface area contributed by atoms with Crippen molar-refractivity contribution in [1.82, 2.24) is 5.32 Å². The van der Waals surface area contributed by atoms with Gasteiger partial charge >= 0.3 is 0 Å². The zero-order valence-electron chi connectivity index (χ0n) is 10.5. The van der Waals surface area contributed by atoms with Gasteiger partial charge in [-0.15, -0.1) is 0 Å². The van der Waals surface area contributed by atoms with E-state index in [1.807, 2.05) is 24.3 Å². The van der Waals surface area contributed by atoms with Gasteiger partial charge in [-0.05, 0) is 45.4 Å². The molecule has 0 bridgehead atoms. The van der Waals surface area contributed by atoms with Crippen LogP contribution in [0.3, 0.4) is 0 Å². The van der Waals surface area contributed by atoms with Crippen molar-refractivity contribution in [2.45, 2.75) is 33.2 Å². The molecule has 0 saturated heterocycles. The van der Waals surface area contributed by atoms with E-state index < -0.39 is 0 Å². The number of halogens is 1. The molecule has 0 aliphatic carbocycles. The van der Waals surface area contributed by atoms with Gasteiger partial charge in [0.05, 0.1) is 0 Å². The van der Waals surface area contributed by atoms with Gasteiger partial charge in [0.25, 0.3) is 0 Å². The molecule has 0 radical (unpaired) electrons. The Morgan fingerprint density at radius 2 is 1.81 bits per heavy atom. The lowest BCUT2D eigenvalue weighted by Crippen LogP contribution is -2.36. The molecule has 1 aromatic carbocycles. The summed E-state index contributed by atoms with van der Waals surface area (Å²) in [5.74, 6) is 0. The standard InChI is InChI=1S/C14H20ClN/c1-11(10-16-14(2,3)4)9-12-5-7-13(15)8-6-12/h5-9,16H,10H2,1-4H3. The first-order valence-corrected chi connectivity index (χ1v) is 5.92. The van der Waals surface area contributed by atoms with E-state index in [-0.39, 0.29) is 5.54 Å². The van der Waals surface area contributed by atoms with Gasteiger partial charge in [-0.25, -0.2) is 0 Å². The van der Waals surface area contributed by atoms with Crippen LogP contribution in [0, 0.1) is 0 Å². The largest absolute Gasteiger partial charge is 0.308 e. The Labute approximate surface area is 104 Å². The van der Waals surface area contributed by atoms with Crippen molar-refractivity contribution in [1.29, 1.82) is 0 Å². The number of nitrogens with one attached hydrogen (secondary N) is 1. The maximum Gasteiger partial charge on any atom is 0.0406 e. The van der Waals surface area contributed by atoms with E-state index in [4.69, 9.17) is 11.6 Å². The van der Waals surface area contributed by atoms with Crippen molar-refractivity contribution in [3.63, 3.8) is 0 Å². The zero-order chi connectivity index (χ0) is 12.2. The van der Waals surface area contributed by atoms with E-state index in [1.165, 1.54) is 11.1 Å². The van der Waals surface area contributed by atoms with Crippen LogP contribution in [0.15, 0.2) is 29.8 Å². The molecule has 1 rings (SSSR count). The van der Waals surface area contributed by atoms with E-state index in [9.17, 15) is 0 Å². The fourth-order valence-corrected chi connectivity index (χ4v) is 1.43. The third-order valence-electron chi connectivity index (χ3n) is 2.18. The molecule has 1 nitrogen and oxygen atoms in total. The quantitative estimate of drug-likeness (QED) is 0.834. The van der Waals surface area contributed by atoms with Crippen molar-refractivity contribution < 1.29 is 0 Å². The van der Waals surface area contributed by atoms with Crippen molar-refractivity contribution in [2.24, 2.45) is 0 Å². The summed E-state index contributed by atoms with van der Waals surface area (Å²) >= 11 is 5.84. The first-order valence-electron chi connectivity index (χ1n) is 5.54. The average molecular weight is 238 g/mol. The lowest BCUT2D eigenvalue weighted by molar-refractivity contribution is 0.445. The Bertz CT molecular complexity index is 357. The molecule has 0 heterocycles. The SMILES string of the molecule is CC(=Cc1ccc(Cl)cc1)CNC(C)(C)C. The highest BCUT2D eigenvalue weighted by Crippen LogP contribution is 2.12. The molecule has 16 heavy (non-hydrogen) atoms. The van der Waals surface area contributed by atoms with E-state index in [0.29, 0.717) is 0 Å². The van der Waals surface area contributed by atoms with Crippen LogP contribution in [0.5, 0.6) is 0 Å². The first-order chi connectivity index (χ1) is 7.37. The Balaban J connectivity index is 2.59. The van der Waals surface area contributed by atoms with Crippen molar-refractivity contribution in [3.8, 4) is 0 Å². The molecule has 1 aromatic rings. The highest BCUT2D eigenvalue weighted by molar-refractivity contribution is 6.30. The summed E-state index contributed by atoms with van der Waals surface area (Å²) in [6, 6.07) is 7.89. The third kappa shape index (κ3) is 5.34. The lowest BCUT2D eigenvalue weighted by atomic mass is 10.1. The molecule has 88 valence electrons. The summed E-state index contributed by atoms with van der Waals surface area (Å²) in [6.45, 7) is 9.55. The van der Waals surface area contributed by atoms with E-state index in [1.54, 1.807) is 0 Å². The number of hydrogen-bond donors (Lipinski definition) is 1. The van der Waals surface area contributed by atoms with Crippen LogP contribution in [-0.2, 0) is 0 Å². The second kappa shape index (κ2) is 5.51. The Morgan fingerprint density at radius 1 is 1.25 bits per heavy atom. The van der Waals surface area contributed by atoms with Crippen LogP contribution in [0.1, 0.15) is 33.3 Å². The fourth-order valence-electron chi connectivity index (χ4n) is 1.30. The highest BCUT2D eigenvalue weighted by atomic mass is 35.5. The minimum absolute atomic E-state index is 0.162. The molecule has 2 heteroatoms. The maximum absolute atomic E-state index is 5.84. The first kappa shape index (κ1) is 13.3. The Hall–Kier alpha value is -0.790. The van der Waals surface area contributed by atoms with E-state index >= 15 is 0 Å². The number of benzene rings is 1. The Morgan fingerprint density at radius 3 is 2.31 bits per heavy atom. The lowest BCUT2D eigenvalue weighted by Gasteiger charge is -2.20. The van der Waals surface area contributed by atoms with Gasteiger partial charge in [0, 0.05) is 17.1 Å². The third-order valence-corrected chi connectivity index (χ3v) is 2.43. The number of rotatable bonds is 3. The van der Waals surface area contributed by atoms with Crippen LogP contribution < -0.4 is 5.32 Å². The highest BCUT2D eigenvalue weighted by Gasteiger charge is 2.07. The van der Waals surface area contributed by atoms with Crippen LogP contribution in [0.25, 0.3) is 6.08 Å². The zero-order valence-corrected chi connectivity index (χ0v) is 11.2. The van der Waals surface area contributed by atoms with Gasteiger partial charge in [-0.2, -0.15) is 0 Å². The van der Waals surface area contributed by atoms with Gasteiger partial charge in [0.2, 0.25) is 0 Å². The van der Waals surface area contributed by atoms with Gasteiger partial charge in [0.1, 0.15) is 0 Å². The summed E-state index contributed by atoms with van der Waals surface area (Å²) in [5.41, 5.74) is 2.67. The fraction of sp³-hybridized carbons (Fsp3) is 0.429. The summed E-state index contributed by atoms with van der Waals surface area (Å²) < 4.78 is 0. The summed E-state index contributed by atoms with van der Waals surface area (Å²) in [5, 5.41) is 4.24. The van der Waals surface area contributed by atoms with Crippen LogP contribution in [-0.4, -0.2) is 12.1 Å². The van der Waals surface area contributed by atoms with E-state index in [2.05, 4.69) is 39.1 Å². The van der Waals surface area contributed by atoms with Crippen LogP contribution in [0.4, 0.5) is 0 Å². The van der Waals surface area contributed by atoms with Crippen LogP contribution in [0.2, 0.25) is 5.02 Å². The minimum Gasteiger partial charge on any atom is -0.308 e. The van der Waals surface area contributed by atoms with Gasteiger partial charge in [-0.1, -0.05) is 35.4 Å². The molecule has 0 spiro atoms. The predicted octanol–water partition coefficient (Wildman–Crippen LogP) is 4.13. The molecule has 1 N–H and O–H groups in total. The second-order valence-corrected chi connectivity index (χ2v) is 5.58. The second-order valence-electron chi connectivity index (χ2n) is 5.15. The number of hydrogen-bond acceptors (Lipinski definition) is 1. The Kier molecular flexibility index (Phi) is 4.57. The summed E-state index contributed by atoms with van der Waals surface area (Å²) in [4.78, 5) is 0. The van der Waals surface area contributed by atoms with Crippen LogP contribution >= 0.6 is 11.6 Å². The molecule has 0 fully saturated rings. The predicted molar refractivity (Wildman–Crippen MR) is 72.9 cm³/mol. The molecule has 0 aromatic heterocycles. The van der Waals surface area contributed by atoms with Crippen molar-refractivity contribution >= 4 is 17.7 Å². The molecule has 0 amide bonds. The van der Waals surface area contributed by atoms with Gasteiger partial charge in [-0.3, -0.25) is 0 Å². The smallest absolute Gasteiger partial charge is 0.0406 e. The normalized spacial score (nSPS) is 12.9. The average Bonchev–Trinajstić information content (AvgIpc) is 2.18. The summed E-state index contributed by atoms with van der Waals surface area (Å²) in [6.07, 6.45) is 2.18. The molecule has 0 atom stereocenters. The molecule has 0 unspecified atom stereocenters. The monoisotopic (exact) mass is 237 g/mol.